The van der Waals surface area contributed by atoms with Crippen LogP contribution in [0.15, 0.2) is 24.3 Å². The molecule has 0 saturated carbocycles. The van der Waals surface area contributed by atoms with E-state index in [1.54, 1.807) is 0 Å². The topological polar surface area (TPSA) is 67.2 Å². The van der Waals surface area contributed by atoms with Crippen molar-refractivity contribution in [3.63, 3.8) is 0 Å². The van der Waals surface area contributed by atoms with E-state index in [4.69, 9.17) is 0 Å². The zero-order chi connectivity index (χ0) is 20.1. The smallest absolute Gasteiger partial charge is 0.294 e. The number of carbonyl (C=O) groups is 2. The number of carbonyl (C=O) groups excluding carboxylic acids is 2. The summed E-state index contributed by atoms with van der Waals surface area (Å²) >= 11 is 0. The number of rotatable bonds is 2. The summed E-state index contributed by atoms with van der Waals surface area (Å²) in [5.41, 5.74) is 3.07. The molecule has 1 unspecified atom stereocenters. The minimum absolute atomic E-state index is 0.0771. The van der Waals surface area contributed by atoms with Crippen LogP contribution in [0.4, 0.5) is 5.69 Å². The van der Waals surface area contributed by atoms with Crippen LogP contribution in [0.2, 0.25) is 0 Å². The molecule has 2 aliphatic heterocycles. The average molecular weight is 380 g/mol. The zero-order valence-electron chi connectivity index (χ0n) is 17.1. The fourth-order valence-electron chi connectivity index (χ4n) is 4.27. The van der Waals surface area contributed by atoms with Gasteiger partial charge in [-0.2, -0.15) is 0 Å². The predicted molar refractivity (Wildman–Crippen MR) is 109 cm³/mol. The Labute approximate surface area is 165 Å². The van der Waals surface area contributed by atoms with Crippen LogP contribution in [-0.2, 0) is 19.4 Å². The highest BCUT2D eigenvalue weighted by Gasteiger charge is 2.36. The molecule has 3 heterocycles. The van der Waals surface area contributed by atoms with Crippen molar-refractivity contribution < 1.29 is 9.59 Å². The van der Waals surface area contributed by atoms with Crippen LogP contribution in [0.5, 0.6) is 0 Å². The number of nitrogens with zero attached hydrogens (tertiary/aromatic N) is 3. The average Bonchev–Trinajstić information content (AvgIpc) is 3.17. The first-order valence-electron chi connectivity index (χ1n) is 10.1. The Kier molecular flexibility index (Phi) is 4.52. The number of anilines is 1. The van der Waals surface area contributed by atoms with Gasteiger partial charge in [-0.05, 0) is 65.0 Å². The van der Waals surface area contributed by atoms with Crippen LogP contribution in [0.3, 0.4) is 0 Å². The van der Waals surface area contributed by atoms with Crippen molar-refractivity contribution >= 4 is 17.5 Å². The minimum atomic E-state index is -0.352. The lowest BCUT2D eigenvalue weighted by atomic mass is 10.1. The minimum Gasteiger partial charge on any atom is -0.346 e. The van der Waals surface area contributed by atoms with Crippen molar-refractivity contribution in [3.05, 3.63) is 47.0 Å². The number of hydrogen-bond donors (Lipinski definition) is 1. The summed E-state index contributed by atoms with van der Waals surface area (Å²) in [5, 5.41) is 2.99. The van der Waals surface area contributed by atoms with Gasteiger partial charge in [0.1, 0.15) is 5.69 Å². The van der Waals surface area contributed by atoms with E-state index in [9.17, 15) is 9.59 Å². The van der Waals surface area contributed by atoms with E-state index >= 15 is 0 Å². The van der Waals surface area contributed by atoms with Gasteiger partial charge in [-0.1, -0.05) is 18.2 Å². The van der Waals surface area contributed by atoms with E-state index in [-0.39, 0.29) is 23.4 Å². The first-order valence-corrected chi connectivity index (χ1v) is 10.1. The van der Waals surface area contributed by atoms with Crippen LogP contribution in [0.25, 0.3) is 0 Å². The van der Waals surface area contributed by atoms with Crippen LogP contribution in [-0.4, -0.2) is 32.9 Å². The van der Waals surface area contributed by atoms with Crippen LogP contribution < -0.4 is 10.2 Å². The van der Waals surface area contributed by atoms with E-state index in [1.807, 2.05) is 48.4 Å². The third kappa shape index (κ3) is 3.21. The van der Waals surface area contributed by atoms with Crippen LogP contribution in [0, 0.1) is 0 Å². The van der Waals surface area contributed by atoms with Crippen molar-refractivity contribution in [2.75, 3.05) is 4.90 Å². The molecule has 1 N–H and O–H groups in total. The molecule has 2 amide bonds. The van der Waals surface area contributed by atoms with E-state index in [0.29, 0.717) is 11.5 Å². The molecule has 6 nitrogen and oxygen atoms in total. The molecule has 0 spiro atoms. The van der Waals surface area contributed by atoms with Crippen molar-refractivity contribution in [1.82, 2.24) is 14.9 Å². The monoisotopic (exact) mass is 380 g/mol. The van der Waals surface area contributed by atoms with Crippen molar-refractivity contribution in [2.45, 2.75) is 71.5 Å². The molecule has 0 saturated heterocycles. The maximum Gasteiger partial charge on any atom is 0.294 e. The summed E-state index contributed by atoms with van der Waals surface area (Å²) in [5.74, 6) is 0.0693. The third-order valence-corrected chi connectivity index (χ3v) is 5.44. The lowest BCUT2D eigenvalue weighted by molar-refractivity contribution is 0.0913. The summed E-state index contributed by atoms with van der Waals surface area (Å²) in [6.45, 7) is 8.63. The summed E-state index contributed by atoms with van der Waals surface area (Å²) in [6, 6.07) is 8.10. The summed E-state index contributed by atoms with van der Waals surface area (Å²) in [4.78, 5) is 32.8. The molecular formula is C22H28N4O2. The van der Waals surface area contributed by atoms with Gasteiger partial charge in [-0.3, -0.25) is 9.59 Å². The summed E-state index contributed by atoms with van der Waals surface area (Å²) < 4.78 is 1.97. The molecular weight excluding hydrogens is 352 g/mol. The van der Waals surface area contributed by atoms with Gasteiger partial charge in [-0.15, -0.1) is 0 Å². The second-order valence-electron chi connectivity index (χ2n) is 8.90. The van der Waals surface area contributed by atoms with E-state index < -0.39 is 0 Å². The van der Waals surface area contributed by atoms with Gasteiger partial charge in [0, 0.05) is 23.8 Å². The van der Waals surface area contributed by atoms with E-state index in [0.717, 1.165) is 43.6 Å². The van der Waals surface area contributed by atoms with Crippen molar-refractivity contribution in [2.24, 2.45) is 0 Å². The molecule has 28 heavy (non-hydrogen) atoms. The lowest BCUT2D eigenvalue weighted by Gasteiger charge is -2.24. The standard InChI is InChI=1S/C22H28N4O2/c1-14-13-15-9-5-6-10-16(15)26(14)21(28)19-23-18(20(27)24-22(2,3)4)17-11-7-8-12-25(17)19/h5-6,9-10,14H,7-8,11-13H2,1-4H3,(H,24,27). The molecule has 1 atom stereocenters. The maximum atomic E-state index is 13.5. The number of para-hydroxylation sites is 1. The van der Waals surface area contributed by atoms with Gasteiger partial charge >= 0.3 is 0 Å². The Morgan fingerprint density at radius 2 is 1.93 bits per heavy atom. The highest BCUT2D eigenvalue weighted by Crippen LogP contribution is 2.33. The Morgan fingerprint density at radius 1 is 1.18 bits per heavy atom. The van der Waals surface area contributed by atoms with Gasteiger partial charge in [0.25, 0.3) is 11.8 Å². The fourth-order valence-corrected chi connectivity index (χ4v) is 4.27. The Bertz CT molecular complexity index is 938. The quantitative estimate of drug-likeness (QED) is 0.869. The first-order chi connectivity index (χ1) is 13.3. The van der Waals surface area contributed by atoms with E-state index in [2.05, 4.69) is 23.3 Å². The Morgan fingerprint density at radius 3 is 2.68 bits per heavy atom. The second-order valence-corrected chi connectivity index (χ2v) is 8.90. The second kappa shape index (κ2) is 6.76. The molecule has 1 aromatic heterocycles. The molecule has 1 aromatic carbocycles. The zero-order valence-corrected chi connectivity index (χ0v) is 17.1. The van der Waals surface area contributed by atoms with Crippen molar-refractivity contribution in [3.8, 4) is 0 Å². The molecule has 0 bridgehead atoms. The normalized spacial score (nSPS) is 18.6. The molecule has 148 valence electrons. The Balaban J connectivity index is 1.74. The SMILES string of the molecule is CC1Cc2ccccc2N1C(=O)c1nc(C(=O)NC(C)(C)C)c2n1CCCC2. The number of nitrogens with one attached hydrogen (secondary N) is 1. The van der Waals surface area contributed by atoms with Gasteiger partial charge in [0.05, 0.1) is 5.69 Å². The van der Waals surface area contributed by atoms with Crippen LogP contribution >= 0.6 is 0 Å². The maximum absolute atomic E-state index is 13.5. The molecule has 0 fully saturated rings. The fraction of sp³-hybridized carbons (Fsp3) is 0.500. The number of benzene rings is 1. The summed E-state index contributed by atoms with van der Waals surface area (Å²) in [7, 11) is 0. The number of aromatic nitrogens is 2. The third-order valence-electron chi connectivity index (χ3n) is 5.44. The highest BCUT2D eigenvalue weighted by atomic mass is 16.2. The van der Waals surface area contributed by atoms with Gasteiger partial charge < -0.3 is 14.8 Å². The van der Waals surface area contributed by atoms with Gasteiger partial charge in [-0.25, -0.2) is 4.98 Å². The number of amides is 2. The first kappa shape index (κ1) is 18.7. The number of fused-ring (bicyclic) bond motifs is 2. The van der Waals surface area contributed by atoms with E-state index in [1.165, 1.54) is 5.56 Å². The molecule has 6 heteroatoms. The van der Waals surface area contributed by atoms with Crippen LogP contribution in [0.1, 0.15) is 72.9 Å². The predicted octanol–water partition coefficient (Wildman–Crippen LogP) is 3.34. The number of imidazole rings is 1. The molecule has 0 radical (unpaired) electrons. The number of hydrogen-bond acceptors (Lipinski definition) is 3. The lowest BCUT2D eigenvalue weighted by Crippen LogP contribution is -2.41. The summed E-state index contributed by atoms with van der Waals surface area (Å²) in [6.07, 6.45) is 3.63. The Hall–Kier alpha value is -2.63. The molecule has 0 aliphatic carbocycles. The highest BCUT2D eigenvalue weighted by molar-refractivity contribution is 6.07. The molecule has 2 aromatic rings. The molecule has 4 rings (SSSR count). The largest absolute Gasteiger partial charge is 0.346 e. The van der Waals surface area contributed by atoms with Gasteiger partial charge in [0.15, 0.2) is 0 Å². The molecule has 2 aliphatic rings. The van der Waals surface area contributed by atoms with Gasteiger partial charge in [0.2, 0.25) is 5.82 Å². The van der Waals surface area contributed by atoms with Crippen molar-refractivity contribution in [1.29, 1.82) is 0 Å².